The number of halogens is 3. The van der Waals surface area contributed by atoms with Crippen LogP contribution in [0.5, 0.6) is 5.75 Å². The van der Waals surface area contributed by atoms with E-state index in [2.05, 4.69) is 4.74 Å². The Morgan fingerprint density at radius 3 is 2.47 bits per heavy atom. The van der Waals surface area contributed by atoms with E-state index in [0.29, 0.717) is 6.07 Å². The number of carbonyl (C=O) groups excluding carboxylic acids is 1. The van der Waals surface area contributed by atoms with Gasteiger partial charge in [-0.1, -0.05) is 0 Å². The zero-order valence-corrected chi connectivity index (χ0v) is 7.81. The summed E-state index contributed by atoms with van der Waals surface area (Å²) in [6.07, 6.45) is -0.645. The van der Waals surface area contributed by atoms with Crippen LogP contribution in [-0.4, -0.2) is 13.0 Å². The number of primary amides is 1. The predicted molar refractivity (Wildman–Crippen MR) is 45.8 cm³/mol. The summed E-state index contributed by atoms with van der Waals surface area (Å²) in [6.45, 7) is 0. The lowest BCUT2D eigenvalue weighted by Crippen LogP contribution is -2.16. The molecular weight excluding hydrogens is 211 g/mol. The Hall–Kier alpha value is -1.72. The van der Waals surface area contributed by atoms with Crippen molar-refractivity contribution >= 4 is 5.91 Å². The summed E-state index contributed by atoms with van der Waals surface area (Å²) in [5.74, 6) is -5.21. The van der Waals surface area contributed by atoms with Crippen LogP contribution in [0.15, 0.2) is 6.07 Å². The highest BCUT2D eigenvalue weighted by atomic mass is 19.1. The number of hydrogen-bond donors (Lipinski definition) is 1. The molecule has 1 amide bonds. The third-order valence-electron chi connectivity index (χ3n) is 1.78. The van der Waals surface area contributed by atoms with Gasteiger partial charge in [-0.15, -0.1) is 0 Å². The van der Waals surface area contributed by atoms with Crippen molar-refractivity contribution in [2.75, 3.05) is 7.11 Å². The largest absolute Gasteiger partial charge is 0.491 e. The van der Waals surface area contributed by atoms with Crippen LogP contribution in [0.3, 0.4) is 0 Å². The van der Waals surface area contributed by atoms with Gasteiger partial charge in [0, 0.05) is 11.6 Å². The first-order valence-corrected chi connectivity index (χ1v) is 3.96. The monoisotopic (exact) mass is 219 g/mol. The van der Waals surface area contributed by atoms with Gasteiger partial charge in [0.2, 0.25) is 5.91 Å². The fourth-order valence-corrected chi connectivity index (χ4v) is 1.13. The molecule has 0 aliphatic rings. The van der Waals surface area contributed by atoms with Crippen molar-refractivity contribution in [2.45, 2.75) is 6.42 Å². The van der Waals surface area contributed by atoms with Gasteiger partial charge >= 0.3 is 0 Å². The van der Waals surface area contributed by atoms with Gasteiger partial charge in [-0.2, -0.15) is 0 Å². The second-order valence-electron chi connectivity index (χ2n) is 2.81. The van der Waals surface area contributed by atoms with Crippen LogP contribution in [0.25, 0.3) is 0 Å². The van der Waals surface area contributed by atoms with Gasteiger partial charge in [0.05, 0.1) is 13.5 Å². The van der Waals surface area contributed by atoms with Gasteiger partial charge < -0.3 is 10.5 Å². The van der Waals surface area contributed by atoms with Crippen LogP contribution in [0.2, 0.25) is 0 Å². The SMILES string of the molecule is COc1c(F)cc(F)c(CC(N)=O)c1F. The van der Waals surface area contributed by atoms with Crippen LogP contribution >= 0.6 is 0 Å². The molecular formula is C9H8F3NO2. The predicted octanol–water partition coefficient (Wildman–Crippen LogP) is 1.14. The topological polar surface area (TPSA) is 52.3 Å². The molecule has 3 nitrogen and oxygen atoms in total. The standard InChI is InChI=1S/C9H8F3NO2/c1-15-9-6(11)3-5(10)4(8(9)12)2-7(13)14/h3H,2H2,1H3,(H2,13,14). The number of nitrogens with two attached hydrogens (primary N) is 1. The zero-order chi connectivity index (χ0) is 11.6. The second-order valence-corrected chi connectivity index (χ2v) is 2.81. The molecule has 0 radical (unpaired) electrons. The summed E-state index contributed by atoms with van der Waals surface area (Å²) in [6, 6.07) is 0.445. The van der Waals surface area contributed by atoms with Gasteiger partial charge in [-0.3, -0.25) is 4.79 Å². The summed E-state index contributed by atoms with van der Waals surface area (Å²) in [4.78, 5) is 10.5. The number of benzene rings is 1. The van der Waals surface area contributed by atoms with Crippen LogP contribution in [-0.2, 0) is 11.2 Å². The third-order valence-corrected chi connectivity index (χ3v) is 1.78. The summed E-state index contributed by atoms with van der Waals surface area (Å²) < 4.78 is 43.7. The molecule has 1 aromatic carbocycles. The minimum atomic E-state index is -1.24. The van der Waals surface area contributed by atoms with E-state index in [-0.39, 0.29) is 0 Å². The number of rotatable bonds is 3. The molecule has 0 aromatic heterocycles. The minimum absolute atomic E-state index is 0.445. The van der Waals surface area contributed by atoms with Gasteiger partial charge in [-0.25, -0.2) is 13.2 Å². The third kappa shape index (κ3) is 2.20. The highest BCUT2D eigenvalue weighted by Gasteiger charge is 2.20. The summed E-state index contributed by atoms with van der Waals surface area (Å²) in [5, 5.41) is 0. The number of methoxy groups -OCH3 is 1. The molecule has 0 saturated heterocycles. The van der Waals surface area contributed by atoms with E-state index < -0.39 is 41.1 Å². The average molecular weight is 219 g/mol. The first kappa shape index (κ1) is 11.4. The van der Waals surface area contributed by atoms with E-state index in [9.17, 15) is 18.0 Å². The molecule has 6 heteroatoms. The molecule has 0 heterocycles. The number of carbonyl (C=O) groups is 1. The first-order valence-electron chi connectivity index (χ1n) is 3.96. The molecule has 0 bridgehead atoms. The summed E-state index contributed by atoms with van der Waals surface area (Å²) in [7, 11) is 1.04. The van der Waals surface area contributed by atoms with Crippen LogP contribution in [0.4, 0.5) is 13.2 Å². The Balaban J connectivity index is 3.32. The maximum absolute atomic E-state index is 13.3. The van der Waals surface area contributed by atoms with Crippen molar-refractivity contribution in [3.63, 3.8) is 0 Å². The highest BCUT2D eigenvalue weighted by molar-refractivity contribution is 5.76. The van der Waals surface area contributed by atoms with E-state index in [0.717, 1.165) is 7.11 Å². The van der Waals surface area contributed by atoms with Crippen LogP contribution in [0.1, 0.15) is 5.56 Å². The van der Waals surface area contributed by atoms with Crippen molar-refractivity contribution in [1.82, 2.24) is 0 Å². The molecule has 0 unspecified atom stereocenters. The van der Waals surface area contributed by atoms with Gasteiger partial charge in [-0.05, 0) is 0 Å². The average Bonchev–Trinajstić information content (AvgIpc) is 2.12. The van der Waals surface area contributed by atoms with E-state index in [1.807, 2.05) is 0 Å². The zero-order valence-electron chi connectivity index (χ0n) is 7.81. The smallest absolute Gasteiger partial charge is 0.222 e. The van der Waals surface area contributed by atoms with Gasteiger partial charge in [0.1, 0.15) is 5.82 Å². The Bertz CT molecular complexity index is 407. The Kier molecular flexibility index (Phi) is 3.18. The fourth-order valence-electron chi connectivity index (χ4n) is 1.13. The first-order chi connectivity index (χ1) is 6.97. The quantitative estimate of drug-likeness (QED) is 0.828. The molecule has 0 spiro atoms. The molecule has 0 atom stereocenters. The Morgan fingerprint density at radius 2 is 2.00 bits per heavy atom. The molecule has 0 saturated carbocycles. The van der Waals surface area contributed by atoms with Crippen molar-refractivity contribution < 1.29 is 22.7 Å². The minimum Gasteiger partial charge on any atom is -0.491 e. The lowest BCUT2D eigenvalue weighted by Gasteiger charge is -2.08. The van der Waals surface area contributed by atoms with Crippen molar-refractivity contribution in [1.29, 1.82) is 0 Å². The highest BCUT2D eigenvalue weighted by Crippen LogP contribution is 2.26. The number of hydrogen-bond acceptors (Lipinski definition) is 2. The van der Waals surface area contributed by atoms with E-state index in [4.69, 9.17) is 5.73 Å². The number of ether oxygens (including phenoxy) is 1. The Morgan fingerprint density at radius 1 is 1.40 bits per heavy atom. The fraction of sp³-hybridized carbons (Fsp3) is 0.222. The Labute approximate surface area is 83.6 Å². The lowest BCUT2D eigenvalue weighted by molar-refractivity contribution is -0.117. The molecule has 0 aliphatic heterocycles. The molecule has 0 aliphatic carbocycles. The van der Waals surface area contributed by atoms with Crippen LogP contribution in [0, 0.1) is 17.5 Å². The van der Waals surface area contributed by atoms with E-state index >= 15 is 0 Å². The molecule has 2 N–H and O–H groups in total. The maximum atomic E-state index is 13.3. The van der Waals surface area contributed by atoms with Crippen LogP contribution < -0.4 is 10.5 Å². The summed E-state index contributed by atoms with van der Waals surface area (Å²) in [5.41, 5.74) is 4.19. The lowest BCUT2D eigenvalue weighted by atomic mass is 10.1. The molecule has 1 aromatic rings. The van der Waals surface area contributed by atoms with E-state index in [1.54, 1.807) is 0 Å². The molecule has 82 valence electrons. The molecule has 15 heavy (non-hydrogen) atoms. The van der Waals surface area contributed by atoms with Crippen molar-refractivity contribution in [2.24, 2.45) is 5.73 Å². The summed E-state index contributed by atoms with van der Waals surface area (Å²) >= 11 is 0. The normalized spacial score (nSPS) is 10.1. The maximum Gasteiger partial charge on any atom is 0.222 e. The van der Waals surface area contributed by atoms with Gasteiger partial charge in [0.25, 0.3) is 0 Å². The second kappa shape index (κ2) is 4.20. The van der Waals surface area contributed by atoms with E-state index in [1.165, 1.54) is 0 Å². The van der Waals surface area contributed by atoms with Crippen molar-refractivity contribution in [3.8, 4) is 5.75 Å². The molecule has 0 fully saturated rings. The van der Waals surface area contributed by atoms with Gasteiger partial charge in [0.15, 0.2) is 17.4 Å². The van der Waals surface area contributed by atoms with Crippen molar-refractivity contribution in [3.05, 3.63) is 29.1 Å². The number of amides is 1. The molecule has 1 rings (SSSR count).